The molecule has 2 aromatic carbocycles. The van der Waals surface area contributed by atoms with Crippen LogP contribution in [0.25, 0.3) is 0 Å². The summed E-state index contributed by atoms with van der Waals surface area (Å²) >= 11 is 0. The van der Waals surface area contributed by atoms with E-state index < -0.39 is 11.9 Å². The highest BCUT2D eigenvalue weighted by Gasteiger charge is 2.18. The lowest BCUT2D eigenvalue weighted by Crippen LogP contribution is -2.45. The third kappa shape index (κ3) is 7.54. The lowest BCUT2D eigenvalue weighted by Gasteiger charge is -2.34. The summed E-state index contributed by atoms with van der Waals surface area (Å²) in [4.78, 5) is 22.9. The van der Waals surface area contributed by atoms with Gasteiger partial charge in [-0.25, -0.2) is 14.0 Å². The Labute approximate surface area is 180 Å². The van der Waals surface area contributed by atoms with Gasteiger partial charge in [0, 0.05) is 44.8 Å². The molecule has 0 unspecified atom stereocenters. The molecule has 0 aliphatic carbocycles. The largest absolute Gasteiger partial charge is 0.493 e. The molecule has 3 rings (SSSR count). The van der Waals surface area contributed by atoms with Crippen LogP contribution in [-0.4, -0.2) is 72.4 Å². The molecule has 0 spiro atoms. The van der Waals surface area contributed by atoms with Crippen LogP contribution in [0, 0.1) is 5.82 Å². The van der Waals surface area contributed by atoms with Gasteiger partial charge in [0.1, 0.15) is 5.82 Å². The van der Waals surface area contributed by atoms with Gasteiger partial charge in [-0.2, -0.15) is 0 Å². The van der Waals surface area contributed by atoms with Crippen molar-refractivity contribution in [2.45, 2.75) is 13.1 Å². The Morgan fingerprint density at radius 3 is 1.94 bits per heavy atom. The van der Waals surface area contributed by atoms with Crippen molar-refractivity contribution in [2.24, 2.45) is 0 Å². The second-order valence-corrected chi connectivity index (χ2v) is 6.94. The molecule has 8 nitrogen and oxygen atoms in total. The van der Waals surface area contributed by atoms with Gasteiger partial charge in [0.15, 0.2) is 11.5 Å². The van der Waals surface area contributed by atoms with E-state index in [4.69, 9.17) is 29.3 Å². The second kappa shape index (κ2) is 11.9. The van der Waals surface area contributed by atoms with Crippen LogP contribution < -0.4 is 9.47 Å². The van der Waals surface area contributed by atoms with E-state index in [1.807, 2.05) is 24.3 Å². The maximum Gasteiger partial charge on any atom is 0.414 e. The Hall–Kier alpha value is -3.17. The van der Waals surface area contributed by atoms with Crippen molar-refractivity contribution in [3.8, 4) is 11.5 Å². The van der Waals surface area contributed by atoms with Crippen molar-refractivity contribution in [3.05, 3.63) is 59.4 Å². The summed E-state index contributed by atoms with van der Waals surface area (Å²) in [6.07, 6.45) is 0. The SMILES string of the molecule is COc1ccc(CN2CCN(Cc3ccccc3F)CC2)cc1OC.O=C(O)C(=O)O. The fourth-order valence-corrected chi connectivity index (χ4v) is 3.21. The zero-order chi connectivity index (χ0) is 22.8. The summed E-state index contributed by atoms with van der Waals surface area (Å²) < 4.78 is 24.4. The predicted octanol–water partition coefficient (Wildman–Crippen LogP) is 2.32. The first-order valence-corrected chi connectivity index (χ1v) is 9.69. The summed E-state index contributed by atoms with van der Waals surface area (Å²) in [5.41, 5.74) is 1.98. The first kappa shape index (κ1) is 24.1. The molecule has 0 amide bonds. The number of rotatable bonds is 6. The highest BCUT2D eigenvalue weighted by atomic mass is 19.1. The van der Waals surface area contributed by atoms with Gasteiger partial charge in [-0.1, -0.05) is 24.3 Å². The van der Waals surface area contributed by atoms with Crippen molar-refractivity contribution in [3.63, 3.8) is 0 Å². The van der Waals surface area contributed by atoms with Crippen LogP contribution in [0.2, 0.25) is 0 Å². The highest BCUT2D eigenvalue weighted by Crippen LogP contribution is 2.28. The molecular formula is C22H27FN2O6. The molecule has 9 heteroatoms. The molecule has 2 N–H and O–H groups in total. The molecule has 31 heavy (non-hydrogen) atoms. The van der Waals surface area contributed by atoms with E-state index in [9.17, 15) is 4.39 Å². The smallest absolute Gasteiger partial charge is 0.414 e. The van der Waals surface area contributed by atoms with E-state index in [1.54, 1.807) is 20.3 Å². The fraction of sp³-hybridized carbons (Fsp3) is 0.364. The van der Waals surface area contributed by atoms with E-state index in [-0.39, 0.29) is 5.82 Å². The number of halogens is 1. The zero-order valence-electron chi connectivity index (χ0n) is 17.6. The molecule has 0 atom stereocenters. The Kier molecular flexibility index (Phi) is 9.23. The first-order chi connectivity index (χ1) is 14.8. The van der Waals surface area contributed by atoms with Crippen LogP contribution in [-0.2, 0) is 22.7 Å². The molecule has 168 valence electrons. The second-order valence-electron chi connectivity index (χ2n) is 6.94. The van der Waals surface area contributed by atoms with Crippen molar-refractivity contribution in [2.75, 3.05) is 40.4 Å². The third-order valence-electron chi connectivity index (χ3n) is 4.85. The number of benzene rings is 2. The van der Waals surface area contributed by atoms with E-state index >= 15 is 0 Å². The van der Waals surface area contributed by atoms with E-state index in [2.05, 4.69) is 15.9 Å². The molecular weight excluding hydrogens is 407 g/mol. The van der Waals surface area contributed by atoms with Crippen molar-refractivity contribution in [1.82, 2.24) is 9.80 Å². The van der Waals surface area contributed by atoms with Gasteiger partial charge in [-0.15, -0.1) is 0 Å². The summed E-state index contributed by atoms with van der Waals surface area (Å²) in [6, 6.07) is 13.1. The Bertz CT molecular complexity index is 872. The molecule has 1 fully saturated rings. The molecule has 0 bridgehead atoms. The minimum atomic E-state index is -1.82. The van der Waals surface area contributed by atoms with Gasteiger partial charge in [0.2, 0.25) is 0 Å². The summed E-state index contributed by atoms with van der Waals surface area (Å²) in [6.45, 7) is 5.40. The first-order valence-electron chi connectivity index (χ1n) is 9.69. The maximum absolute atomic E-state index is 13.8. The molecule has 1 aliphatic rings. The van der Waals surface area contributed by atoms with Crippen LogP contribution in [0.4, 0.5) is 4.39 Å². The van der Waals surface area contributed by atoms with Crippen LogP contribution in [0.1, 0.15) is 11.1 Å². The number of carbonyl (C=O) groups is 2. The third-order valence-corrected chi connectivity index (χ3v) is 4.85. The number of methoxy groups -OCH3 is 2. The number of hydrogen-bond acceptors (Lipinski definition) is 6. The van der Waals surface area contributed by atoms with Gasteiger partial charge in [0.25, 0.3) is 0 Å². The number of aliphatic carboxylic acids is 2. The lowest BCUT2D eigenvalue weighted by molar-refractivity contribution is -0.159. The monoisotopic (exact) mass is 434 g/mol. The standard InChI is InChI=1S/C20H25FN2O2.C2H2O4/c1-24-19-8-7-16(13-20(19)25-2)14-22-9-11-23(12-10-22)15-17-5-3-4-6-18(17)21;3-1(4)2(5)6/h3-8,13H,9-12,14-15H2,1-2H3;(H,3,4)(H,5,6). The molecule has 1 heterocycles. The van der Waals surface area contributed by atoms with E-state index in [1.165, 1.54) is 11.6 Å². The lowest BCUT2D eigenvalue weighted by atomic mass is 10.1. The number of carboxylic acid groups (broad SMARTS) is 2. The number of carboxylic acids is 2. The summed E-state index contributed by atoms with van der Waals surface area (Å²) in [7, 11) is 3.30. The average molecular weight is 434 g/mol. The van der Waals surface area contributed by atoms with E-state index in [0.29, 0.717) is 6.54 Å². The number of ether oxygens (including phenoxy) is 2. The van der Waals surface area contributed by atoms with Crippen LogP contribution in [0.5, 0.6) is 11.5 Å². The normalized spacial score (nSPS) is 14.3. The van der Waals surface area contributed by atoms with E-state index in [0.717, 1.165) is 49.8 Å². The minimum Gasteiger partial charge on any atom is -0.493 e. The minimum absolute atomic E-state index is 0.116. The van der Waals surface area contributed by atoms with Gasteiger partial charge in [-0.05, 0) is 23.8 Å². The number of piperazine rings is 1. The van der Waals surface area contributed by atoms with Crippen molar-refractivity contribution in [1.29, 1.82) is 0 Å². The molecule has 0 radical (unpaired) electrons. The number of hydrogen-bond donors (Lipinski definition) is 2. The van der Waals surface area contributed by atoms with Gasteiger partial charge in [-0.3, -0.25) is 9.80 Å². The van der Waals surface area contributed by atoms with Crippen molar-refractivity contribution < 1.29 is 33.7 Å². The van der Waals surface area contributed by atoms with Crippen LogP contribution in [0.15, 0.2) is 42.5 Å². The molecule has 0 aromatic heterocycles. The highest BCUT2D eigenvalue weighted by molar-refractivity contribution is 6.27. The summed E-state index contributed by atoms with van der Waals surface area (Å²) in [5.74, 6) is -2.25. The molecule has 1 aliphatic heterocycles. The Morgan fingerprint density at radius 2 is 1.42 bits per heavy atom. The van der Waals surface area contributed by atoms with Gasteiger partial charge >= 0.3 is 11.9 Å². The topological polar surface area (TPSA) is 99.5 Å². The Balaban J connectivity index is 0.000000501. The zero-order valence-corrected chi connectivity index (χ0v) is 17.6. The van der Waals surface area contributed by atoms with Crippen LogP contribution >= 0.6 is 0 Å². The number of nitrogens with zero attached hydrogens (tertiary/aromatic N) is 2. The predicted molar refractivity (Wildman–Crippen MR) is 112 cm³/mol. The molecule has 2 aromatic rings. The fourth-order valence-electron chi connectivity index (χ4n) is 3.21. The maximum atomic E-state index is 13.8. The molecule has 0 saturated carbocycles. The van der Waals surface area contributed by atoms with Gasteiger partial charge in [0.05, 0.1) is 14.2 Å². The van der Waals surface area contributed by atoms with Crippen molar-refractivity contribution >= 4 is 11.9 Å². The quantitative estimate of drug-likeness (QED) is 0.669. The van der Waals surface area contributed by atoms with Crippen LogP contribution in [0.3, 0.4) is 0 Å². The Morgan fingerprint density at radius 1 is 0.871 bits per heavy atom. The van der Waals surface area contributed by atoms with Gasteiger partial charge < -0.3 is 19.7 Å². The average Bonchev–Trinajstić information content (AvgIpc) is 2.77. The molecule has 1 saturated heterocycles. The summed E-state index contributed by atoms with van der Waals surface area (Å²) in [5, 5.41) is 14.8.